The Bertz CT molecular complexity index is 2230. The minimum absolute atomic E-state index is 0.192. The molecule has 0 aliphatic carbocycles. The third-order valence-electron chi connectivity index (χ3n) is 9.26. The van der Waals surface area contributed by atoms with Gasteiger partial charge in [-0.15, -0.1) is 0 Å². The Labute approximate surface area is 318 Å². The van der Waals surface area contributed by atoms with Crippen molar-refractivity contribution in [2.75, 3.05) is 38.4 Å². The predicted molar refractivity (Wildman–Crippen MR) is 203 cm³/mol. The van der Waals surface area contributed by atoms with Crippen LogP contribution in [0.5, 0.6) is 11.5 Å². The van der Waals surface area contributed by atoms with Gasteiger partial charge >= 0.3 is 6.09 Å². The van der Waals surface area contributed by atoms with Crippen molar-refractivity contribution in [3.05, 3.63) is 96.4 Å². The summed E-state index contributed by atoms with van der Waals surface area (Å²) in [6.07, 6.45) is 5.53. The molecular formula is C41H42N6O8. The Morgan fingerprint density at radius 1 is 0.909 bits per heavy atom. The maximum atomic E-state index is 13.3. The summed E-state index contributed by atoms with van der Waals surface area (Å²) < 4.78 is 24.7. The predicted octanol–water partition coefficient (Wildman–Crippen LogP) is 5.67. The van der Waals surface area contributed by atoms with Crippen LogP contribution < -0.4 is 19.7 Å². The lowest BCUT2D eigenvalue weighted by atomic mass is 10.0. The number of hydrogen-bond donors (Lipinski definition) is 1. The third-order valence-corrected chi connectivity index (χ3v) is 9.26. The van der Waals surface area contributed by atoms with Crippen LogP contribution in [0, 0.1) is 0 Å². The lowest BCUT2D eigenvalue weighted by Crippen LogP contribution is -2.52. The highest BCUT2D eigenvalue weighted by Gasteiger charge is 2.39. The number of pyridine rings is 2. The number of imide groups is 1. The highest BCUT2D eigenvalue weighted by atomic mass is 16.6. The van der Waals surface area contributed by atoms with E-state index < -0.39 is 23.6 Å². The molecule has 2 aliphatic heterocycles. The first-order valence-corrected chi connectivity index (χ1v) is 18.0. The zero-order valence-corrected chi connectivity index (χ0v) is 31.1. The van der Waals surface area contributed by atoms with Gasteiger partial charge in [-0.2, -0.15) is 0 Å². The van der Waals surface area contributed by atoms with E-state index in [9.17, 15) is 19.2 Å². The molecule has 1 fully saturated rings. The van der Waals surface area contributed by atoms with Gasteiger partial charge in [-0.25, -0.2) is 14.8 Å². The van der Waals surface area contributed by atoms with Crippen molar-refractivity contribution >= 4 is 35.3 Å². The zero-order chi connectivity index (χ0) is 38.7. The molecule has 7 rings (SSSR count). The van der Waals surface area contributed by atoms with Gasteiger partial charge in [0, 0.05) is 42.0 Å². The molecule has 0 saturated carbocycles. The molecule has 5 aromatic rings. The van der Waals surface area contributed by atoms with E-state index in [-0.39, 0.29) is 51.1 Å². The summed E-state index contributed by atoms with van der Waals surface area (Å²) in [6, 6.07) is 20.0. The van der Waals surface area contributed by atoms with Crippen LogP contribution in [0.2, 0.25) is 0 Å². The van der Waals surface area contributed by atoms with Crippen LogP contribution >= 0.6 is 0 Å². The molecule has 55 heavy (non-hydrogen) atoms. The lowest BCUT2D eigenvalue weighted by molar-refractivity contribution is -0.136. The molecule has 0 radical (unpaired) electrons. The monoisotopic (exact) mass is 746 g/mol. The molecule has 1 unspecified atom stereocenters. The number of rotatable bonds is 12. The third kappa shape index (κ3) is 8.44. The van der Waals surface area contributed by atoms with Crippen molar-refractivity contribution in [3.63, 3.8) is 0 Å². The van der Waals surface area contributed by atoms with Gasteiger partial charge in [-0.3, -0.25) is 24.6 Å². The number of methoxy groups -OCH3 is 1. The van der Waals surface area contributed by atoms with E-state index in [1.54, 1.807) is 37.6 Å². The first-order chi connectivity index (χ1) is 26.5. The molecule has 284 valence electrons. The highest BCUT2D eigenvalue weighted by Crippen LogP contribution is 2.31. The molecule has 2 aromatic carbocycles. The molecule has 14 nitrogen and oxygen atoms in total. The molecular weight excluding hydrogens is 704 g/mol. The van der Waals surface area contributed by atoms with Crippen LogP contribution in [-0.4, -0.2) is 88.2 Å². The Morgan fingerprint density at radius 3 is 2.40 bits per heavy atom. The van der Waals surface area contributed by atoms with Gasteiger partial charge in [0.1, 0.15) is 41.2 Å². The average Bonchev–Trinajstić information content (AvgIpc) is 3.74. The lowest BCUT2D eigenvalue weighted by Gasteiger charge is -2.29. The fraction of sp³-hybridized carbons (Fsp3) is 0.317. The molecule has 1 atom stereocenters. The summed E-state index contributed by atoms with van der Waals surface area (Å²) in [5.41, 5.74) is 5.03. The van der Waals surface area contributed by atoms with Gasteiger partial charge < -0.3 is 28.2 Å². The number of anilines is 1. The zero-order valence-electron chi connectivity index (χ0n) is 31.1. The van der Waals surface area contributed by atoms with E-state index >= 15 is 0 Å². The second-order valence-electron chi connectivity index (χ2n) is 14.3. The Balaban J connectivity index is 0.931. The van der Waals surface area contributed by atoms with Crippen LogP contribution in [0.15, 0.2) is 85.3 Å². The number of carbonyl (C=O) groups excluding carboxylic acids is 4. The van der Waals surface area contributed by atoms with Gasteiger partial charge in [0.25, 0.3) is 5.91 Å². The molecule has 3 aromatic heterocycles. The van der Waals surface area contributed by atoms with Crippen molar-refractivity contribution in [3.8, 4) is 33.9 Å². The van der Waals surface area contributed by atoms with Gasteiger partial charge in [-0.1, -0.05) is 24.3 Å². The second-order valence-corrected chi connectivity index (χ2v) is 14.3. The average molecular weight is 747 g/mol. The SMILES string of the molecule is COc1ccc2nc(-c3ccc(-c4ccc(N(CCOCCOc5ccc6c(c5)CN(C5CCC(=O)NC5=O)C6=O)C(=O)OC(C)(C)C)nc4)cc3)cn2c1. The van der Waals surface area contributed by atoms with Gasteiger partial charge in [-0.05, 0) is 80.8 Å². The van der Waals surface area contributed by atoms with Crippen LogP contribution in [0.25, 0.3) is 28.0 Å². The summed E-state index contributed by atoms with van der Waals surface area (Å²) in [5.74, 6) is 0.721. The van der Waals surface area contributed by atoms with E-state index in [2.05, 4.69) is 10.3 Å². The number of hydrogen-bond acceptors (Lipinski definition) is 10. The maximum absolute atomic E-state index is 13.3. The Morgan fingerprint density at radius 2 is 1.67 bits per heavy atom. The summed E-state index contributed by atoms with van der Waals surface area (Å²) in [6.45, 7) is 6.54. The molecule has 4 amide bonds. The maximum Gasteiger partial charge on any atom is 0.416 e. The number of fused-ring (bicyclic) bond motifs is 2. The number of imidazole rings is 1. The number of amides is 4. The fourth-order valence-corrected chi connectivity index (χ4v) is 6.51. The number of piperidine rings is 1. The van der Waals surface area contributed by atoms with Gasteiger partial charge in [0.15, 0.2) is 0 Å². The fourth-order valence-electron chi connectivity index (χ4n) is 6.51. The van der Waals surface area contributed by atoms with Crippen molar-refractivity contribution in [1.82, 2.24) is 24.6 Å². The smallest absolute Gasteiger partial charge is 0.416 e. The van der Waals surface area contributed by atoms with Crippen molar-refractivity contribution < 1.29 is 38.1 Å². The highest BCUT2D eigenvalue weighted by molar-refractivity contribution is 6.05. The molecule has 2 aliphatic rings. The molecule has 1 N–H and O–H groups in total. The van der Waals surface area contributed by atoms with Crippen LogP contribution in [0.3, 0.4) is 0 Å². The van der Waals surface area contributed by atoms with Crippen LogP contribution in [0.1, 0.15) is 49.5 Å². The number of aromatic nitrogens is 3. The van der Waals surface area contributed by atoms with Crippen molar-refractivity contribution in [1.29, 1.82) is 0 Å². The molecule has 14 heteroatoms. The molecule has 5 heterocycles. The summed E-state index contributed by atoms with van der Waals surface area (Å²) in [5, 5.41) is 2.31. The first kappa shape index (κ1) is 37.1. The quantitative estimate of drug-likeness (QED) is 0.125. The van der Waals surface area contributed by atoms with E-state index in [1.165, 1.54) is 9.80 Å². The van der Waals surface area contributed by atoms with Crippen LogP contribution in [-0.2, 0) is 25.6 Å². The minimum Gasteiger partial charge on any atom is -0.495 e. The topological polar surface area (TPSA) is 154 Å². The number of carbonyl (C=O) groups is 4. The number of nitrogens with zero attached hydrogens (tertiary/aromatic N) is 5. The summed E-state index contributed by atoms with van der Waals surface area (Å²) >= 11 is 0. The molecule has 0 spiro atoms. The first-order valence-electron chi connectivity index (χ1n) is 18.0. The summed E-state index contributed by atoms with van der Waals surface area (Å²) in [7, 11) is 1.63. The van der Waals surface area contributed by atoms with Gasteiger partial charge in [0.2, 0.25) is 11.8 Å². The van der Waals surface area contributed by atoms with E-state index in [1.807, 2.05) is 80.0 Å². The Kier molecular flexibility index (Phi) is 10.5. The van der Waals surface area contributed by atoms with E-state index in [0.717, 1.165) is 39.3 Å². The molecule has 0 bridgehead atoms. The summed E-state index contributed by atoms with van der Waals surface area (Å²) in [4.78, 5) is 62.4. The standard InChI is InChI=1S/C41H42N6O8/c1-41(2,3)55-40(51)46(17-18-53-19-20-54-30-10-12-32-29(21-30)23-47(39(32)50)34-13-16-37(48)44-38(34)49)35-14-9-28(22-42-35)26-5-7-27(8-6-26)33-25-45-24-31(52-4)11-15-36(45)43-33/h5-12,14-15,21-22,24-25,34H,13,16-20,23H2,1-4H3,(H,44,48,49). The van der Waals surface area contributed by atoms with Crippen molar-refractivity contribution in [2.24, 2.45) is 0 Å². The minimum atomic E-state index is -0.710. The van der Waals surface area contributed by atoms with Gasteiger partial charge in [0.05, 0.1) is 38.8 Å². The number of nitrogens with one attached hydrogen (secondary N) is 1. The van der Waals surface area contributed by atoms with Crippen molar-refractivity contribution in [2.45, 2.75) is 51.8 Å². The van der Waals surface area contributed by atoms with E-state index in [4.69, 9.17) is 23.9 Å². The largest absolute Gasteiger partial charge is 0.495 e. The molecule has 1 saturated heterocycles. The number of benzene rings is 2. The number of ether oxygens (including phenoxy) is 4. The van der Waals surface area contributed by atoms with E-state index in [0.29, 0.717) is 23.6 Å². The van der Waals surface area contributed by atoms with Crippen LogP contribution in [0.4, 0.5) is 10.6 Å². The second kappa shape index (κ2) is 15.6. The Hall–Kier alpha value is -6.28. The normalized spacial score (nSPS) is 15.5.